The Hall–Kier alpha value is -2.01. The van der Waals surface area contributed by atoms with Crippen LogP contribution in [0.5, 0.6) is 0 Å². The zero-order valence-corrected chi connectivity index (χ0v) is 15.0. The van der Waals surface area contributed by atoms with Gasteiger partial charge in [-0.15, -0.1) is 0 Å². The standard InChI is InChI=1S/C20H21FN2OS/c1-25-20(24)22-16-11-14-5-3-8-23-9-7-17(18(12-16)19(14)23)13-4-2-6-15(21)10-13/h2,4,6,10-12,17H,3,5,7-9H2,1H3,(H,22,24)/t17-/m0/s1. The van der Waals surface area contributed by atoms with E-state index in [1.165, 1.54) is 34.6 Å². The van der Waals surface area contributed by atoms with Crippen molar-refractivity contribution in [3.63, 3.8) is 0 Å². The van der Waals surface area contributed by atoms with Gasteiger partial charge >= 0.3 is 0 Å². The second kappa shape index (κ2) is 6.71. The molecule has 1 amide bonds. The quantitative estimate of drug-likeness (QED) is 0.821. The first-order valence-electron chi connectivity index (χ1n) is 8.68. The minimum atomic E-state index is -0.194. The summed E-state index contributed by atoms with van der Waals surface area (Å²) < 4.78 is 13.8. The number of amides is 1. The first kappa shape index (κ1) is 16.5. The molecule has 0 saturated carbocycles. The van der Waals surface area contributed by atoms with E-state index >= 15 is 0 Å². The highest BCUT2D eigenvalue weighted by Crippen LogP contribution is 2.45. The van der Waals surface area contributed by atoms with Gasteiger partial charge < -0.3 is 10.2 Å². The number of rotatable bonds is 2. The summed E-state index contributed by atoms with van der Waals surface area (Å²) in [6, 6.07) is 11.1. The van der Waals surface area contributed by atoms with Crippen LogP contribution in [0.4, 0.5) is 20.6 Å². The van der Waals surface area contributed by atoms with Gasteiger partial charge in [-0.25, -0.2) is 4.39 Å². The van der Waals surface area contributed by atoms with Crippen LogP contribution in [0.1, 0.15) is 35.4 Å². The van der Waals surface area contributed by atoms with Gasteiger partial charge in [-0.2, -0.15) is 0 Å². The number of anilines is 2. The summed E-state index contributed by atoms with van der Waals surface area (Å²) in [7, 11) is 0. The van der Waals surface area contributed by atoms with E-state index < -0.39 is 0 Å². The minimum absolute atomic E-state index is 0.0575. The number of benzene rings is 2. The second-order valence-corrected chi connectivity index (χ2v) is 7.46. The van der Waals surface area contributed by atoms with Crippen molar-refractivity contribution in [1.29, 1.82) is 0 Å². The van der Waals surface area contributed by atoms with Crippen molar-refractivity contribution in [3.05, 3.63) is 58.9 Å². The van der Waals surface area contributed by atoms with Gasteiger partial charge in [-0.05, 0) is 66.5 Å². The number of nitrogens with one attached hydrogen (secondary N) is 1. The van der Waals surface area contributed by atoms with Gasteiger partial charge in [0.25, 0.3) is 5.24 Å². The van der Waals surface area contributed by atoms with Crippen molar-refractivity contribution >= 4 is 28.4 Å². The molecule has 2 aliphatic rings. The molecule has 1 N–H and O–H groups in total. The number of nitrogens with zero attached hydrogens (tertiary/aromatic N) is 1. The molecule has 0 bridgehead atoms. The monoisotopic (exact) mass is 356 g/mol. The topological polar surface area (TPSA) is 32.3 Å². The van der Waals surface area contributed by atoms with E-state index in [0.29, 0.717) is 0 Å². The second-order valence-electron chi connectivity index (χ2n) is 6.68. The molecule has 2 aliphatic heterocycles. The third kappa shape index (κ3) is 3.13. The smallest absolute Gasteiger partial charge is 0.283 e. The predicted octanol–water partition coefficient (Wildman–Crippen LogP) is 5.01. The van der Waals surface area contributed by atoms with E-state index in [2.05, 4.69) is 22.3 Å². The number of hydrogen-bond acceptors (Lipinski definition) is 3. The summed E-state index contributed by atoms with van der Waals surface area (Å²) in [5, 5.41) is 2.91. The van der Waals surface area contributed by atoms with Gasteiger partial charge in [0.1, 0.15) is 5.82 Å². The number of carbonyl (C=O) groups is 1. The largest absolute Gasteiger partial charge is 0.371 e. The summed E-state index contributed by atoms with van der Waals surface area (Å²) in [6.07, 6.45) is 4.90. The van der Waals surface area contributed by atoms with Gasteiger partial charge in [-0.1, -0.05) is 23.9 Å². The zero-order chi connectivity index (χ0) is 17.4. The van der Waals surface area contributed by atoms with E-state index in [0.717, 1.165) is 43.6 Å². The van der Waals surface area contributed by atoms with Crippen LogP contribution in [-0.4, -0.2) is 24.6 Å². The molecule has 0 saturated heterocycles. The maximum absolute atomic E-state index is 13.8. The average Bonchev–Trinajstić information content (AvgIpc) is 2.62. The van der Waals surface area contributed by atoms with Crippen molar-refractivity contribution in [2.75, 3.05) is 29.6 Å². The fraction of sp³-hybridized carbons (Fsp3) is 0.350. The SMILES string of the molecule is CSC(=O)Nc1cc2c3c(c1)[C@H](c1cccc(F)c1)CCN3CCC2. The first-order valence-corrected chi connectivity index (χ1v) is 9.90. The van der Waals surface area contributed by atoms with E-state index in [1.807, 2.05) is 6.07 Å². The van der Waals surface area contributed by atoms with Gasteiger partial charge in [0.05, 0.1) is 0 Å². The fourth-order valence-electron chi connectivity index (χ4n) is 4.11. The Kier molecular flexibility index (Phi) is 4.42. The van der Waals surface area contributed by atoms with Crippen molar-refractivity contribution in [2.45, 2.75) is 25.2 Å². The molecule has 0 unspecified atom stereocenters. The molecule has 3 nitrogen and oxygen atoms in total. The van der Waals surface area contributed by atoms with Crippen LogP contribution >= 0.6 is 11.8 Å². The lowest BCUT2D eigenvalue weighted by molar-refractivity contribution is 0.270. The van der Waals surface area contributed by atoms with E-state index in [9.17, 15) is 9.18 Å². The van der Waals surface area contributed by atoms with Crippen LogP contribution < -0.4 is 10.2 Å². The minimum Gasteiger partial charge on any atom is -0.371 e. The number of halogens is 1. The van der Waals surface area contributed by atoms with Gasteiger partial charge in [0.15, 0.2) is 0 Å². The lowest BCUT2D eigenvalue weighted by atomic mass is 9.81. The van der Waals surface area contributed by atoms with Crippen LogP contribution in [0.15, 0.2) is 36.4 Å². The number of thioether (sulfide) groups is 1. The molecule has 5 heteroatoms. The number of carbonyl (C=O) groups excluding carboxylic acids is 1. The first-order chi connectivity index (χ1) is 12.2. The molecule has 0 aromatic heterocycles. The molecular formula is C20H21FN2OS. The Labute approximate surface area is 151 Å². The van der Waals surface area contributed by atoms with Crippen LogP contribution in [0.3, 0.4) is 0 Å². The molecule has 0 aliphatic carbocycles. The van der Waals surface area contributed by atoms with E-state index in [4.69, 9.17) is 0 Å². The third-order valence-corrected chi connectivity index (χ3v) is 5.63. The third-order valence-electron chi connectivity index (χ3n) is 5.15. The molecule has 2 aromatic carbocycles. The van der Waals surface area contributed by atoms with Crippen molar-refractivity contribution in [3.8, 4) is 0 Å². The maximum Gasteiger partial charge on any atom is 0.283 e. The average molecular weight is 356 g/mol. The van der Waals surface area contributed by atoms with Crippen LogP contribution in [0, 0.1) is 5.82 Å². The van der Waals surface area contributed by atoms with Crippen LogP contribution in [0.25, 0.3) is 0 Å². The molecule has 0 radical (unpaired) electrons. The molecule has 4 rings (SSSR count). The molecule has 0 fully saturated rings. The van der Waals surface area contributed by atoms with Gasteiger partial charge in [0, 0.05) is 30.4 Å². The number of aryl methyl sites for hydroxylation is 1. The van der Waals surface area contributed by atoms with Gasteiger partial charge in [0.2, 0.25) is 0 Å². The Morgan fingerprint density at radius 3 is 2.96 bits per heavy atom. The maximum atomic E-state index is 13.8. The molecule has 2 aromatic rings. The zero-order valence-electron chi connectivity index (χ0n) is 14.2. The summed E-state index contributed by atoms with van der Waals surface area (Å²) in [5.74, 6) is -0.0226. The van der Waals surface area contributed by atoms with Crippen LogP contribution in [0.2, 0.25) is 0 Å². The highest BCUT2D eigenvalue weighted by atomic mass is 32.2. The Morgan fingerprint density at radius 1 is 1.28 bits per heavy atom. The van der Waals surface area contributed by atoms with E-state index in [1.54, 1.807) is 18.4 Å². The summed E-state index contributed by atoms with van der Waals surface area (Å²) in [6.45, 7) is 2.07. The summed E-state index contributed by atoms with van der Waals surface area (Å²) >= 11 is 1.17. The highest BCUT2D eigenvalue weighted by Gasteiger charge is 2.31. The van der Waals surface area contributed by atoms with E-state index in [-0.39, 0.29) is 17.0 Å². The van der Waals surface area contributed by atoms with Crippen molar-refractivity contribution in [2.24, 2.45) is 0 Å². The number of hydrogen-bond donors (Lipinski definition) is 1. The lowest BCUT2D eigenvalue weighted by Crippen LogP contribution is -2.36. The Bertz CT molecular complexity index is 823. The molecule has 2 heterocycles. The highest BCUT2D eigenvalue weighted by molar-refractivity contribution is 8.13. The van der Waals surface area contributed by atoms with Crippen LogP contribution in [-0.2, 0) is 6.42 Å². The molecule has 25 heavy (non-hydrogen) atoms. The van der Waals surface area contributed by atoms with Crippen molar-refractivity contribution in [1.82, 2.24) is 0 Å². The Morgan fingerprint density at radius 2 is 2.16 bits per heavy atom. The molecule has 0 spiro atoms. The predicted molar refractivity (Wildman–Crippen MR) is 102 cm³/mol. The Balaban J connectivity index is 1.82. The lowest BCUT2D eigenvalue weighted by Gasteiger charge is -2.40. The fourth-order valence-corrected chi connectivity index (χ4v) is 4.33. The normalized spacial score (nSPS) is 18.6. The van der Waals surface area contributed by atoms with Crippen molar-refractivity contribution < 1.29 is 9.18 Å². The molecular weight excluding hydrogens is 335 g/mol. The molecule has 130 valence electrons. The summed E-state index contributed by atoms with van der Waals surface area (Å²) in [4.78, 5) is 14.3. The summed E-state index contributed by atoms with van der Waals surface area (Å²) in [5.41, 5.74) is 5.67. The van der Waals surface area contributed by atoms with Gasteiger partial charge in [-0.3, -0.25) is 4.79 Å². The molecule has 1 atom stereocenters.